The smallest absolute Gasteiger partial charge is 0.298 e. The number of carbonyl (C=O) groups excluding carboxylic acids is 2. The van der Waals surface area contributed by atoms with E-state index in [4.69, 9.17) is 11.6 Å². The lowest BCUT2D eigenvalue weighted by Gasteiger charge is -2.09. The number of nitrogens with zero attached hydrogens (tertiary/aromatic N) is 2. The lowest BCUT2D eigenvalue weighted by Crippen LogP contribution is -2.23. The number of amides is 1. The number of Topliss-reactive ketones (excluding diaryl/α,β-unsaturated/α-hetero) is 1. The van der Waals surface area contributed by atoms with Crippen LogP contribution < -0.4 is 5.32 Å². The number of ketones is 1. The SMILES string of the molecule is Cc1ccc2c(c1)c(C(=O)C(=O)Nc1nc(C)c(C)s1)c(C)n2Cc1ccc(Cl)cc1. The molecule has 0 fully saturated rings. The van der Waals surface area contributed by atoms with E-state index in [1.54, 1.807) is 0 Å². The highest BCUT2D eigenvalue weighted by Gasteiger charge is 2.26. The van der Waals surface area contributed by atoms with E-state index in [9.17, 15) is 9.59 Å². The Morgan fingerprint density at radius 2 is 1.77 bits per heavy atom. The zero-order chi connectivity index (χ0) is 22.3. The number of halogens is 1. The van der Waals surface area contributed by atoms with Crippen molar-refractivity contribution in [1.82, 2.24) is 9.55 Å². The predicted octanol–water partition coefficient (Wildman–Crippen LogP) is 5.85. The molecule has 2 heterocycles. The number of aryl methyl sites for hydroxylation is 3. The van der Waals surface area contributed by atoms with Crippen molar-refractivity contribution in [3.05, 3.63) is 80.4 Å². The molecule has 2 aromatic carbocycles. The van der Waals surface area contributed by atoms with Crippen molar-refractivity contribution in [2.24, 2.45) is 0 Å². The van der Waals surface area contributed by atoms with Gasteiger partial charge in [-0.05, 0) is 57.5 Å². The summed E-state index contributed by atoms with van der Waals surface area (Å²) in [6, 6.07) is 13.6. The number of thiazole rings is 1. The number of benzene rings is 2. The van der Waals surface area contributed by atoms with Gasteiger partial charge in [-0.3, -0.25) is 14.9 Å². The quantitative estimate of drug-likeness (QED) is 0.305. The van der Waals surface area contributed by atoms with Gasteiger partial charge in [0.2, 0.25) is 0 Å². The van der Waals surface area contributed by atoms with Gasteiger partial charge in [-0.2, -0.15) is 0 Å². The number of carbonyl (C=O) groups is 2. The summed E-state index contributed by atoms with van der Waals surface area (Å²) in [4.78, 5) is 31.4. The third kappa shape index (κ3) is 4.13. The molecule has 0 unspecified atom stereocenters. The first-order chi connectivity index (χ1) is 14.7. The molecule has 0 saturated carbocycles. The van der Waals surface area contributed by atoms with Crippen molar-refractivity contribution in [1.29, 1.82) is 0 Å². The van der Waals surface area contributed by atoms with Crippen molar-refractivity contribution >= 4 is 50.7 Å². The number of aromatic nitrogens is 2. The van der Waals surface area contributed by atoms with Gasteiger partial charge < -0.3 is 4.57 Å². The highest BCUT2D eigenvalue weighted by molar-refractivity contribution is 7.15. The third-order valence-electron chi connectivity index (χ3n) is 5.42. The van der Waals surface area contributed by atoms with Crippen LogP contribution in [0.1, 0.15) is 37.7 Å². The van der Waals surface area contributed by atoms with Gasteiger partial charge in [-0.25, -0.2) is 4.98 Å². The lowest BCUT2D eigenvalue weighted by atomic mass is 10.0. The second-order valence-electron chi connectivity index (χ2n) is 7.64. The van der Waals surface area contributed by atoms with Gasteiger partial charge in [0, 0.05) is 33.0 Å². The Labute approximate surface area is 189 Å². The Morgan fingerprint density at radius 3 is 2.42 bits per heavy atom. The summed E-state index contributed by atoms with van der Waals surface area (Å²) >= 11 is 7.38. The fraction of sp³-hybridized carbons (Fsp3) is 0.208. The third-order valence-corrected chi connectivity index (χ3v) is 6.66. The molecule has 158 valence electrons. The molecule has 4 aromatic rings. The summed E-state index contributed by atoms with van der Waals surface area (Å²) in [7, 11) is 0. The van der Waals surface area contributed by atoms with Gasteiger partial charge in [0.15, 0.2) is 5.13 Å². The van der Waals surface area contributed by atoms with E-state index in [0.717, 1.165) is 38.3 Å². The summed E-state index contributed by atoms with van der Waals surface area (Å²) in [5, 5.41) is 4.56. The van der Waals surface area contributed by atoms with E-state index >= 15 is 0 Å². The zero-order valence-electron chi connectivity index (χ0n) is 17.7. The first-order valence-corrected chi connectivity index (χ1v) is 11.1. The summed E-state index contributed by atoms with van der Waals surface area (Å²) < 4.78 is 2.07. The van der Waals surface area contributed by atoms with Crippen LogP contribution >= 0.6 is 22.9 Å². The molecule has 4 rings (SSSR count). The Morgan fingerprint density at radius 1 is 1.06 bits per heavy atom. The van der Waals surface area contributed by atoms with Crippen LogP contribution in [0, 0.1) is 27.7 Å². The Kier molecular flexibility index (Phi) is 5.69. The molecule has 31 heavy (non-hydrogen) atoms. The molecule has 0 aliphatic heterocycles. The van der Waals surface area contributed by atoms with Gasteiger partial charge in [0.25, 0.3) is 11.7 Å². The standard InChI is InChI=1S/C24H22ClN3O2S/c1-13-5-10-20-19(11-13)21(15(3)28(20)12-17-6-8-18(25)9-7-17)22(29)23(30)27-24-26-14(2)16(4)31-24/h5-11H,12H2,1-4H3,(H,26,27,30). The highest BCUT2D eigenvalue weighted by atomic mass is 35.5. The largest absolute Gasteiger partial charge is 0.340 e. The van der Waals surface area contributed by atoms with Crippen LogP contribution in [0.15, 0.2) is 42.5 Å². The van der Waals surface area contributed by atoms with Crippen LogP contribution in [0.5, 0.6) is 0 Å². The molecule has 0 atom stereocenters. The van der Waals surface area contributed by atoms with Gasteiger partial charge in [0.05, 0.1) is 11.3 Å². The van der Waals surface area contributed by atoms with Crippen molar-refractivity contribution in [3.63, 3.8) is 0 Å². The Balaban J connectivity index is 1.75. The van der Waals surface area contributed by atoms with Crippen LogP contribution in [-0.2, 0) is 11.3 Å². The van der Waals surface area contributed by atoms with Gasteiger partial charge in [-0.1, -0.05) is 35.4 Å². The molecule has 0 aliphatic rings. The average molecular weight is 452 g/mol. The van der Waals surface area contributed by atoms with Crippen molar-refractivity contribution < 1.29 is 9.59 Å². The second kappa shape index (κ2) is 8.29. The summed E-state index contributed by atoms with van der Waals surface area (Å²) in [6.45, 7) is 8.23. The van der Waals surface area contributed by atoms with Crippen LogP contribution in [-0.4, -0.2) is 21.2 Å². The number of nitrogens with one attached hydrogen (secondary N) is 1. The van der Waals surface area contributed by atoms with E-state index in [1.165, 1.54) is 11.3 Å². The van der Waals surface area contributed by atoms with E-state index in [-0.39, 0.29) is 0 Å². The van der Waals surface area contributed by atoms with E-state index in [2.05, 4.69) is 14.9 Å². The minimum Gasteiger partial charge on any atom is -0.340 e. The number of hydrogen-bond acceptors (Lipinski definition) is 4. The maximum absolute atomic E-state index is 13.2. The summed E-state index contributed by atoms with van der Waals surface area (Å²) in [5.41, 5.74) is 5.02. The fourth-order valence-corrected chi connectivity index (χ4v) is 4.59. The lowest BCUT2D eigenvalue weighted by molar-refractivity contribution is -0.112. The van der Waals surface area contributed by atoms with Crippen LogP contribution in [0.25, 0.3) is 10.9 Å². The molecular weight excluding hydrogens is 430 g/mol. The molecule has 5 nitrogen and oxygen atoms in total. The highest BCUT2D eigenvalue weighted by Crippen LogP contribution is 2.29. The minimum absolute atomic E-state index is 0.426. The molecule has 0 saturated heterocycles. The molecule has 0 bridgehead atoms. The zero-order valence-corrected chi connectivity index (χ0v) is 19.3. The van der Waals surface area contributed by atoms with Gasteiger partial charge >= 0.3 is 0 Å². The maximum Gasteiger partial charge on any atom is 0.298 e. The van der Waals surface area contributed by atoms with Crippen molar-refractivity contribution in [3.8, 4) is 0 Å². The monoisotopic (exact) mass is 451 g/mol. The summed E-state index contributed by atoms with van der Waals surface area (Å²) in [6.07, 6.45) is 0. The number of anilines is 1. The maximum atomic E-state index is 13.2. The molecular formula is C24H22ClN3O2S. The molecule has 0 aliphatic carbocycles. The van der Waals surface area contributed by atoms with Crippen LogP contribution in [0.4, 0.5) is 5.13 Å². The Hall–Kier alpha value is -2.96. The number of fused-ring (bicyclic) bond motifs is 1. The number of hydrogen-bond donors (Lipinski definition) is 1. The molecule has 2 aromatic heterocycles. The molecule has 0 spiro atoms. The Bertz CT molecular complexity index is 1300. The van der Waals surface area contributed by atoms with Gasteiger partial charge in [0.1, 0.15) is 0 Å². The normalized spacial score (nSPS) is 11.1. The van der Waals surface area contributed by atoms with E-state index in [1.807, 2.05) is 70.2 Å². The van der Waals surface area contributed by atoms with Crippen LogP contribution in [0.2, 0.25) is 5.02 Å². The summed E-state index contributed by atoms with van der Waals surface area (Å²) in [5.74, 6) is -1.24. The van der Waals surface area contributed by atoms with Gasteiger partial charge in [-0.15, -0.1) is 11.3 Å². The van der Waals surface area contributed by atoms with Crippen LogP contribution in [0.3, 0.4) is 0 Å². The molecule has 1 amide bonds. The fourth-order valence-electron chi connectivity index (χ4n) is 3.65. The first kappa shape index (κ1) is 21.3. The van der Waals surface area contributed by atoms with E-state index in [0.29, 0.717) is 22.3 Å². The van der Waals surface area contributed by atoms with E-state index < -0.39 is 11.7 Å². The molecule has 1 N–H and O–H groups in total. The topological polar surface area (TPSA) is 64.0 Å². The number of rotatable bonds is 5. The first-order valence-electron chi connectivity index (χ1n) is 9.88. The van der Waals surface area contributed by atoms with Crippen molar-refractivity contribution in [2.75, 3.05) is 5.32 Å². The van der Waals surface area contributed by atoms with Crippen molar-refractivity contribution in [2.45, 2.75) is 34.2 Å². The average Bonchev–Trinajstić information content (AvgIpc) is 3.18. The predicted molar refractivity (Wildman–Crippen MR) is 127 cm³/mol. The second-order valence-corrected chi connectivity index (χ2v) is 9.28. The molecule has 0 radical (unpaired) electrons. The molecule has 7 heteroatoms. The minimum atomic E-state index is -0.677.